The van der Waals surface area contributed by atoms with Crippen molar-refractivity contribution in [3.05, 3.63) is 68.8 Å². The second-order valence-electron chi connectivity index (χ2n) is 5.92. The molecule has 0 aliphatic carbocycles. The molecule has 0 aliphatic heterocycles. The summed E-state index contributed by atoms with van der Waals surface area (Å²) in [4.78, 5) is 19.9. The summed E-state index contributed by atoms with van der Waals surface area (Å²) >= 11 is 1.48. The normalized spacial score (nSPS) is 11.5. The van der Waals surface area contributed by atoms with Crippen LogP contribution in [0.4, 0.5) is 4.39 Å². The smallest absolute Gasteiger partial charge is 0.259 e. The molecule has 3 rings (SSSR count). The lowest BCUT2D eigenvalue weighted by molar-refractivity contribution is 0.254. The van der Waals surface area contributed by atoms with Crippen molar-refractivity contribution in [2.75, 3.05) is 6.54 Å². The quantitative estimate of drug-likeness (QED) is 0.685. The number of fused-ring (bicyclic) bond motifs is 1. The predicted molar refractivity (Wildman–Crippen MR) is 94.9 cm³/mol. The highest BCUT2D eigenvalue weighted by molar-refractivity contribution is 7.15. The fourth-order valence-electron chi connectivity index (χ4n) is 2.79. The summed E-state index contributed by atoms with van der Waals surface area (Å²) in [5, 5.41) is 1.94. The Morgan fingerprint density at radius 1 is 1.25 bits per heavy atom. The number of aromatic nitrogens is 2. The molecule has 2 heterocycles. The molecule has 6 heteroatoms. The van der Waals surface area contributed by atoms with Crippen LogP contribution in [-0.2, 0) is 13.1 Å². The summed E-state index contributed by atoms with van der Waals surface area (Å²) in [5.74, 6) is -0.228. The lowest BCUT2D eigenvalue weighted by Crippen LogP contribution is -2.26. The molecular weight excluding hydrogens is 325 g/mol. The number of hydrogen-bond donors (Lipinski definition) is 0. The van der Waals surface area contributed by atoms with E-state index in [1.165, 1.54) is 23.5 Å². The number of nitrogens with zero attached hydrogens (tertiary/aromatic N) is 3. The lowest BCUT2D eigenvalue weighted by Gasteiger charge is -2.21. The van der Waals surface area contributed by atoms with Gasteiger partial charge in [0.25, 0.3) is 5.56 Å². The molecular formula is C18H20FN3OS. The molecule has 0 unspecified atom stereocenters. The zero-order chi connectivity index (χ0) is 17.1. The summed E-state index contributed by atoms with van der Waals surface area (Å²) in [6, 6.07) is 8.16. The van der Waals surface area contributed by atoms with Crippen molar-refractivity contribution < 1.29 is 4.39 Å². The van der Waals surface area contributed by atoms with Crippen LogP contribution < -0.4 is 5.56 Å². The van der Waals surface area contributed by atoms with E-state index in [4.69, 9.17) is 0 Å². The maximum atomic E-state index is 13.1. The highest BCUT2D eigenvalue weighted by Gasteiger charge is 2.11. The standard InChI is InChI=1S/C18H20FN3OS/c1-3-8-21(10-14-4-6-15(19)7-5-14)11-16-9-17(23)22-13(2)12-24-18(22)20-16/h4-7,9,12H,3,8,10-11H2,1-2H3. The first-order valence-electron chi connectivity index (χ1n) is 8.00. The monoisotopic (exact) mass is 345 g/mol. The van der Waals surface area contributed by atoms with Crippen LogP contribution in [0.3, 0.4) is 0 Å². The van der Waals surface area contributed by atoms with Gasteiger partial charge in [0.1, 0.15) is 5.82 Å². The Labute approximate surface area is 144 Å². The number of hydrogen-bond acceptors (Lipinski definition) is 4. The van der Waals surface area contributed by atoms with Gasteiger partial charge in [0, 0.05) is 30.2 Å². The SMILES string of the molecule is CCCN(Cc1ccc(F)cc1)Cc1cc(=O)n2c(C)csc2n1. The van der Waals surface area contributed by atoms with Gasteiger partial charge in [-0.25, -0.2) is 9.37 Å². The van der Waals surface area contributed by atoms with Crippen LogP contribution in [0.1, 0.15) is 30.3 Å². The molecule has 0 atom stereocenters. The molecule has 0 spiro atoms. The van der Waals surface area contributed by atoms with E-state index < -0.39 is 0 Å². The third kappa shape index (κ3) is 3.71. The molecule has 0 aliphatic rings. The van der Waals surface area contributed by atoms with Crippen molar-refractivity contribution in [3.8, 4) is 0 Å². The minimum atomic E-state index is -0.228. The zero-order valence-electron chi connectivity index (χ0n) is 13.8. The summed E-state index contributed by atoms with van der Waals surface area (Å²) in [6.07, 6.45) is 1.00. The third-order valence-electron chi connectivity index (χ3n) is 3.87. The number of halogens is 1. The van der Waals surface area contributed by atoms with Gasteiger partial charge in [0.05, 0.1) is 5.69 Å². The van der Waals surface area contributed by atoms with Crippen LogP contribution in [-0.4, -0.2) is 20.8 Å². The summed E-state index contributed by atoms with van der Waals surface area (Å²) < 4.78 is 14.7. The Bertz CT molecular complexity index is 885. The average Bonchev–Trinajstić information content (AvgIpc) is 2.91. The van der Waals surface area contributed by atoms with Gasteiger partial charge in [0.2, 0.25) is 0 Å². The van der Waals surface area contributed by atoms with E-state index in [1.807, 2.05) is 12.3 Å². The van der Waals surface area contributed by atoms with E-state index in [-0.39, 0.29) is 11.4 Å². The molecule has 0 N–H and O–H groups in total. The van der Waals surface area contributed by atoms with E-state index in [0.717, 1.165) is 34.9 Å². The molecule has 24 heavy (non-hydrogen) atoms. The van der Waals surface area contributed by atoms with Crippen molar-refractivity contribution in [1.82, 2.24) is 14.3 Å². The van der Waals surface area contributed by atoms with Crippen LogP contribution in [0.2, 0.25) is 0 Å². The first kappa shape index (κ1) is 16.8. The summed E-state index contributed by atoms with van der Waals surface area (Å²) in [6.45, 7) is 6.23. The van der Waals surface area contributed by atoms with Gasteiger partial charge in [-0.2, -0.15) is 0 Å². The highest BCUT2D eigenvalue weighted by atomic mass is 32.1. The van der Waals surface area contributed by atoms with Gasteiger partial charge < -0.3 is 0 Å². The molecule has 0 saturated carbocycles. The molecule has 0 radical (unpaired) electrons. The zero-order valence-corrected chi connectivity index (χ0v) is 14.6. The van der Waals surface area contributed by atoms with Crippen LogP contribution in [0.25, 0.3) is 4.96 Å². The van der Waals surface area contributed by atoms with E-state index in [9.17, 15) is 9.18 Å². The molecule has 0 bridgehead atoms. The summed E-state index contributed by atoms with van der Waals surface area (Å²) in [7, 11) is 0. The van der Waals surface area contributed by atoms with Gasteiger partial charge in [-0.15, -0.1) is 11.3 Å². The van der Waals surface area contributed by atoms with Gasteiger partial charge >= 0.3 is 0 Å². The lowest BCUT2D eigenvalue weighted by atomic mass is 10.2. The van der Waals surface area contributed by atoms with Gasteiger partial charge in [-0.1, -0.05) is 19.1 Å². The minimum absolute atomic E-state index is 0.0352. The van der Waals surface area contributed by atoms with E-state index in [1.54, 1.807) is 22.6 Å². The number of thiazole rings is 1. The van der Waals surface area contributed by atoms with E-state index in [2.05, 4.69) is 16.8 Å². The number of benzene rings is 1. The van der Waals surface area contributed by atoms with Crippen molar-refractivity contribution in [2.45, 2.75) is 33.4 Å². The molecule has 0 saturated heterocycles. The maximum Gasteiger partial charge on any atom is 0.259 e. The Morgan fingerprint density at radius 2 is 2.00 bits per heavy atom. The maximum absolute atomic E-state index is 13.1. The van der Waals surface area contributed by atoms with Crippen molar-refractivity contribution in [2.24, 2.45) is 0 Å². The van der Waals surface area contributed by atoms with Crippen LogP contribution in [0, 0.1) is 12.7 Å². The van der Waals surface area contributed by atoms with Crippen LogP contribution in [0.15, 0.2) is 40.5 Å². The van der Waals surface area contributed by atoms with E-state index >= 15 is 0 Å². The van der Waals surface area contributed by atoms with Crippen LogP contribution in [0.5, 0.6) is 0 Å². The molecule has 0 fully saturated rings. The number of rotatable bonds is 6. The van der Waals surface area contributed by atoms with Gasteiger partial charge in [-0.3, -0.25) is 14.1 Å². The third-order valence-corrected chi connectivity index (χ3v) is 4.82. The predicted octanol–water partition coefficient (Wildman–Crippen LogP) is 3.62. The van der Waals surface area contributed by atoms with E-state index in [0.29, 0.717) is 13.1 Å². The highest BCUT2D eigenvalue weighted by Crippen LogP contribution is 2.14. The average molecular weight is 345 g/mol. The van der Waals surface area contributed by atoms with Gasteiger partial charge in [0.15, 0.2) is 4.96 Å². The Balaban J connectivity index is 1.82. The number of aryl methyl sites for hydroxylation is 1. The molecule has 1 aromatic carbocycles. The fraction of sp³-hybridized carbons (Fsp3) is 0.333. The molecule has 0 amide bonds. The van der Waals surface area contributed by atoms with Crippen LogP contribution >= 0.6 is 11.3 Å². The Kier molecular flexibility index (Phi) is 5.06. The second-order valence-corrected chi connectivity index (χ2v) is 6.75. The largest absolute Gasteiger partial charge is 0.293 e. The van der Waals surface area contributed by atoms with Crippen molar-refractivity contribution in [3.63, 3.8) is 0 Å². The Morgan fingerprint density at radius 3 is 2.71 bits per heavy atom. The summed E-state index contributed by atoms with van der Waals surface area (Å²) in [5.41, 5.74) is 2.70. The first-order valence-corrected chi connectivity index (χ1v) is 8.88. The van der Waals surface area contributed by atoms with Crippen molar-refractivity contribution >= 4 is 16.3 Å². The second kappa shape index (κ2) is 7.23. The van der Waals surface area contributed by atoms with Gasteiger partial charge in [-0.05, 0) is 37.6 Å². The Hall–Kier alpha value is -2.05. The molecule has 126 valence electrons. The molecule has 2 aromatic heterocycles. The molecule has 3 aromatic rings. The minimum Gasteiger partial charge on any atom is -0.293 e. The van der Waals surface area contributed by atoms with Crippen molar-refractivity contribution in [1.29, 1.82) is 0 Å². The topological polar surface area (TPSA) is 37.6 Å². The first-order chi connectivity index (χ1) is 11.6. The molecule has 4 nitrogen and oxygen atoms in total. The fourth-order valence-corrected chi connectivity index (χ4v) is 3.68.